The molecule has 0 saturated heterocycles. The second kappa shape index (κ2) is 8.72. The third-order valence-electron chi connectivity index (χ3n) is 1.30. The van der Waals surface area contributed by atoms with E-state index < -0.39 is 0 Å². The first-order valence-electron chi connectivity index (χ1n) is 3.83. The quantitative estimate of drug-likeness (QED) is 0.461. The van der Waals surface area contributed by atoms with Crippen molar-refractivity contribution in [3.05, 3.63) is 0 Å². The topological polar surface area (TPSA) is 20.3 Å². The Hall–Kier alpha value is 0.630. The van der Waals surface area contributed by atoms with Crippen LogP contribution in [0.25, 0.3) is 0 Å². The third-order valence-corrected chi connectivity index (χ3v) is 1.30. The first-order chi connectivity index (χ1) is 4.66. The van der Waals surface area contributed by atoms with Gasteiger partial charge in [-0.05, 0) is 20.5 Å². The molecule has 0 aromatic heterocycles. The molecular weight excluding hydrogens is 149 g/mol. The van der Waals surface area contributed by atoms with Gasteiger partial charge in [-0.25, -0.2) is 0 Å². The SMILES string of the molecule is CCCCC(=O)CN(C)C.[H-].[Na+]. The second-order valence-electron chi connectivity index (χ2n) is 2.88. The molecule has 0 fully saturated rings. The molecule has 0 aliphatic carbocycles. The number of hydrogen-bond acceptors (Lipinski definition) is 2. The van der Waals surface area contributed by atoms with Crippen LogP contribution in [0.2, 0.25) is 0 Å². The summed E-state index contributed by atoms with van der Waals surface area (Å²) in [5, 5.41) is 0. The zero-order chi connectivity index (χ0) is 7.98. The van der Waals surface area contributed by atoms with Crippen molar-refractivity contribution in [2.24, 2.45) is 0 Å². The zero-order valence-electron chi connectivity index (χ0n) is 9.18. The van der Waals surface area contributed by atoms with E-state index in [1.165, 1.54) is 0 Å². The Kier molecular flexibility index (Phi) is 11.2. The Morgan fingerprint density at radius 1 is 1.45 bits per heavy atom. The van der Waals surface area contributed by atoms with Gasteiger partial charge in [0.25, 0.3) is 0 Å². The number of hydrogen-bond donors (Lipinski definition) is 0. The van der Waals surface area contributed by atoms with Crippen LogP contribution in [-0.4, -0.2) is 31.3 Å². The van der Waals surface area contributed by atoms with Gasteiger partial charge >= 0.3 is 29.6 Å². The summed E-state index contributed by atoms with van der Waals surface area (Å²) in [6, 6.07) is 0. The fourth-order valence-electron chi connectivity index (χ4n) is 0.806. The van der Waals surface area contributed by atoms with E-state index >= 15 is 0 Å². The van der Waals surface area contributed by atoms with Crippen LogP contribution in [0.4, 0.5) is 0 Å². The maximum atomic E-state index is 11.0. The Morgan fingerprint density at radius 2 is 2.00 bits per heavy atom. The summed E-state index contributed by atoms with van der Waals surface area (Å²) >= 11 is 0. The van der Waals surface area contributed by atoms with E-state index in [1.807, 2.05) is 19.0 Å². The van der Waals surface area contributed by atoms with Crippen LogP contribution in [0.15, 0.2) is 0 Å². The minimum atomic E-state index is 0. The number of carbonyl (C=O) groups is 1. The molecule has 0 heterocycles. The van der Waals surface area contributed by atoms with Crippen molar-refractivity contribution in [2.75, 3.05) is 20.6 Å². The van der Waals surface area contributed by atoms with Crippen molar-refractivity contribution in [1.82, 2.24) is 4.90 Å². The van der Waals surface area contributed by atoms with Crippen molar-refractivity contribution in [1.29, 1.82) is 0 Å². The van der Waals surface area contributed by atoms with E-state index in [2.05, 4.69) is 6.92 Å². The molecule has 11 heavy (non-hydrogen) atoms. The molecule has 0 aliphatic heterocycles. The maximum absolute atomic E-state index is 11.0. The van der Waals surface area contributed by atoms with Gasteiger partial charge in [-0.2, -0.15) is 0 Å². The fraction of sp³-hybridized carbons (Fsp3) is 0.875. The largest absolute Gasteiger partial charge is 1.00 e. The van der Waals surface area contributed by atoms with E-state index in [4.69, 9.17) is 0 Å². The molecule has 0 rings (SSSR count). The minimum absolute atomic E-state index is 0. The second-order valence-corrected chi connectivity index (χ2v) is 2.88. The van der Waals surface area contributed by atoms with Crippen molar-refractivity contribution in [3.8, 4) is 0 Å². The molecule has 0 saturated carbocycles. The number of unbranched alkanes of at least 4 members (excludes halogenated alkanes) is 1. The molecule has 0 aromatic carbocycles. The number of nitrogens with zero attached hydrogens (tertiary/aromatic N) is 1. The maximum Gasteiger partial charge on any atom is 1.00 e. The van der Waals surface area contributed by atoms with Crippen LogP contribution in [0.1, 0.15) is 27.6 Å². The first-order valence-corrected chi connectivity index (χ1v) is 3.83. The molecule has 0 unspecified atom stereocenters. The number of ketones is 1. The van der Waals surface area contributed by atoms with Crippen LogP contribution in [0, 0.1) is 0 Å². The molecule has 0 bridgehead atoms. The molecule has 0 aliphatic rings. The van der Waals surface area contributed by atoms with Gasteiger partial charge in [0, 0.05) is 6.42 Å². The van der Waals surface area contributed by atoms with Gasteiger partial charge in [-0.3, -0.25) is 4.79 Å². The van der Waals surface area contributed by atoms with Gasteiger partial charge < -0.3 is 6.33 Å². The molecule has 0 spiro atoms. The zero-order valence-corrected chi connectivity index (χ0v) is 10.2. The number of rotatable bonds is 5. The molecule has 62 valence electrons. The van der Waals surface area contributed by atoms with Gasteiger partial charge in [0.05, 0.1) is 6.54 Å². The smallest absolute Gasteiger partial charge is 1.00 e. The summed E-state index contributed by atoms with van der Waals surface area (Å²) in [4.78, 5) is 12.9. The Labute approximate surface area is 93.1 Å². The number of likely N-dealkylation sites (N-methyl/N-ethyl adjacent to an activating group) is 1. The summed E-state index contributed by atoms with van der Waals surface area (Å²) < 4.78 is 0. The van der Waals surface area contributed by atoms with Gasteiger partial charge in [0.15, 0.2) is 0 Å². The van der Waals surface area contributed by atoms with Gasteiger partial charge in [0.1, 0.15) is 5.78 Å². The average Bonchev–Trinajstić information content (AvgIpc) is 1.82. The summed E-state index contributed by atoms with van der Waals surface area (Å²) in [5.74, 6) is 0.354. The van der Waals surface area contributed by atoms with Crippen LogP contribution < -0.4 is 29.6 Å². The molecule has 0 atom stereocenters. The van der Waals surface area contributed by atoms with Crippen molar-refractivity contribution in [3.63, 3.8) is 0 Å². The Morgan fingerprint density at radius 3 is 2.36 bits per heavy atom. The van der Waals surface area contributed by atoms with Crippen molar-refractivity contribution in [2.45, 2.75) is 26.2 Å². The van der Waals surface area contributed by atoms with Crippen molar-refractivity contribution < 1.29 is 35.8 Å². The summed E-state index contributed by atoms with van der Waals surface area (Å²) in [6.07, 6.45) is 2.89. The standard InChI is InChI=1S/C8H17NO.Na.H/c1-4-5-6-8(10)7-9(2)3;;/h4-7H2,1-3H3;;/q;+1;-1. The summed E-state index contributed by atoms with van der Waals surface area (Å²) in [7, 11) is 3.84. The van der Waals surface area contributed by atoms with E-state index in [-0.39, 0.29) is 31.0 Å². The van der Waals surface area contributed by atoms with Crippen LogP contribution in [0.5, 0.6) is 0 Å². The molecule has 0 aromatic rings. The van der Waals surface area contributed by atoms with Crippen LogP contribution in [-0.2, 0) is 4.79 Å². The third kappa shape index (κ3) is 10.6. The average molecular weight is 167 g/mol. The molecular formula is C8H18NNaO. The molecule has 0 radical (unpaired) electrons. The Balaban J connectivity index is -0.000000405. The van der Waals surface area contributed by atoms with Gasteiger partial charge in [0.2, 0.25) is 0 Å². The predicted molar refractivity (Wildman–Crippen MR) is 44.2 cm³/mol. The molecule has 3 heteroatoms. The normalized spacial score (nSPS) is 9.45. The molecule has 0 N–H and O–H groups in total. The molecule has 2 nitrogen and oxygen atoms in total. The predicted octanol–water partition coefficient (Wildman–Crippen LogP) is -1.58. The summed E-state index contributed by atoms with van der Waals surface area (Å²) in [5.41, 5.74) is 0. The van der Waals surface area contributed by atoms with E-state index in [9.17, 15) is 4.79 Å². The number of Topliss-reactive ketones (excluding diaryl/α,β-unsaturated/α-hetero) is 1. The van der Waals surface area contributed by atoms with Gasteiger partial charge in [-0.15, -0.1) is 0 Å². The Bertz CT molecular complexity index is 109. The van der Waals surface area contributed by atoms with Gasteiger partial charge in [-0.1, -0.05) is 13.3 Å². The fourth-order valence-corrected chi connectivity index (χ4v) is 0.806. The van der Waals surface area contributed by atoms with E-state index in [0.717, 1.165) is 19.3 Å². The summed E-state index contributed by atoms with van der Waals surface area (Å²) in [6.45, 7) is 2.70. The van der Waals surface area contributed by atoms with Crippen LogP contribution >= 0.6 is 0 Å². The van der Waals surface area contributed by atoms with E-state index in [0.29, 0.717) is 12.3 Å². The van der Waals surface area contributed by atoms with E-state index in [1.54, 1.807) is 0 Å². The monoisotopic (exact) mass is 167 g/mol. The number of carbonyl (C=O) groups excluding carboxylic acids is 1. The van der Waals surface area contributed by atoms with Crippen molar-refractivity contribution >= 4 is 5.78 Å². The minimum Gasteiger partial charge on any atom is -1.00 e. The van der Waals surface area contributed by atoms with Crippen LogP contribution in [0.3, 0.4) is 0 Å². The molecule has 0 amide bonds. The first kappa shape index (κ1) is 14.2.